The van der Waals surface area contributed by atoms with E-state index in [0.29, 0.717) is 10.2 Å². The fourth-order valence-corrected chi connectivity index (χ4v) is 4.10. The summed E-state index contributed by atoms with van der Waals surface area (Å²) in [4.78, 5) is 38.7. The van der Waals surface area contributed by atoms with Crippen LogP contribution in [0.25, 0.3) is 10.2 Å². The molecule has 144 valence electrons. The van der Waals surface area contributed by atoms with E-state index < -0.39 is 32.3 Å². The average molecular weight is 420 g/mol. The molecule has 0 saturated carbocycles. The third-order valence-electron chi connectivity index (χ3n) is 3.74. The Bertz CT molecular complexity index is 1250. The van der Waals surface area contributed by atoms with Crippen LogP contribution in [0.5, 0.6) is 0 Å². The van der Waals surface area contributed by atoms with Gasteiger partial charge in [0.05, 0.1) is 20.0 Å². The van der Waals surface area contributed by atoms with E-state index in [0.717, 1.165) is 23.7 Å². The van der Waals surface area contributed by atoms with Crippen LogP contribution in [0.1, 0.15) is 20.7 Å². The van der Waals surface area contributed by atoms with Crippen molar-refractivity contribution in [3.05, 3.63) is 57.6 Å². The Morgan fingerprint density at radius 1 is 1.21 bits per heavy atom. The molecular formula is C16H12N4O6S2. The number of aromatic nitrogens is 1. The highest BCUT2D eigenvalue weighted by Crippen LogP contribution is 2.30. The number of fused-ring (bicyclic) bond motifs is 1. The van der Waals surface area contributed by atoms with Crippen LogP contribution >= 0.6 is 11.3 Å². The number of nitro groups is 1. The van der Waals surface area contributed by atoms with Crippen molar-refractivity contribution >= 4 is 54.0 Å². The maximum Gasteiger partial charge on any atom is 0.294 e. The highest BCUT2D eigenvalue weighted by Gasteiger charge is 2.27. The fourth-order valence-electron chi connectivity index (χ4n) is 2.48. The summed E-state index contributed by atoms with van der Waals surface area (Å²) in [7, 11) is -3.41. The first-order valence-corrected chi connectivity index (χ1v) is 10.3. The van der Waals surface area contributed by atoms with Crippen LogP contribution in [0.15, 0.2) is 41.3 Å². The van der Waals surface area contributed by atoms with Crippen molar-refractivity contribution in [2.75, 3.05) is 11.6 Å². The predicted octanol–water partition coefficient (Wildman–Crippen LogP) is 1.96. The summed E-state index contributed by atoms with van der Waals surface area (Å²) >= 11 is 1.01. The number of rotatable bonds is 5. The molecule has 0 aliphatic rings. The van der Waals surface area contributed by atoms with Gasteiger partial charge in [0.15, 0.2) is 15.0 Å². The van der Waals surface area contributed by atoms with Crippen molar-refractivity contribution in [1.29, 1.82) is 0 Å². The number of carbonyl (C=O) groups excluding carboxylic acids is 2. The van der Waals surface area contributed by atoms with Gasteiger partial charge in [-0.3, -0.25) is 25.0 Å². The summed E-state index contributed by atoms with van der Waals surface area (Å²) in [6, 6.07) is 7.96. The lowest BCUT2D eigenvalue weighted by molar-refractivity contribution is -0.385. The van der Waals surface area contributed by atoms with Crippen LogP contribution in [-0.4, -0.2) is 36.4 Å². The summed E-state index contributed by atoms with van der Waals surface area (Å²) in [5, 5.41) is 13.9. The normalized spacial score (nSPS) is 11.3. The molecule has 0 radical (unpaired) electrons. The molecule has 12 heteroatoms. The highest BCUT2D eigenvalue weighted by atomic mass is 32.2. The van der Waals surface area contributed by atoms with Crippen molar-refractivity contribution in [1.82, 2.24) is 4.98 Å². The second-order valence-electron chi connectivity index (χ2n) is 5.70. The van der Waals surface area contributed by atoms with Gasteiger partial charge in [0.25, 0.3) is 17.5 Å². The Hall–Kier alpha value is -3.38. The van der Waals surface area contributed by atoms with Crippen LogP contribution in [-0.2, 0) is 9.84 Å². The SMILES string of the molecule is CS(=O)(=O)c1ccc2nc(NC(=O)c3cccc(C(N)=O)c3[N+](=O)[O-])sc2c1. The Kier molecular flexibility index (Phi) is 4.83. The number of nitro benzene ring substituents is 1. The van der Waals surface area contributed by atoms with Crippen LogP contribution in [0.4, 0.5) is 10.8 Å². The van der Waals surface area contributed by atoms with Crippen molar-refractivity contribution in [3.8, 4) is 0 Å². The predicted molar refractivity (Wildman–Crippen MR) is 102 cm³/mol. The topological polar surface area (TPSA) is 162 Å². The number of anilines is 1. The summed E-state index contributed by atoms with van der Waals surface area (Å²) in [6.45, 7) is 0. The lowest BCUT2D eigenvalue weighted by Gasteiger charge is -2.05. The first-order valence-electron chi connectivity index (χ1n) is 7.57. The molecule has 0 aliphatic heterocycles. The molecule has 0 bridgehead atoms. The van der Waals surface area contributed by atoms with Gasteiger partial charge in [-0.2, -0.15) is 0 Å². The molecule has 0 saturated heterocycles. The number of para-hydroxylation sites is 1. The number of nitrogens with one attached hydrogen (secondary N) is 1. The van der Waals surface area contributed by atoms with Gasteiger partial charge in [0.2, 0.25) is 0 Å². The van der Waals surface area contributed by atoms with Crippen molar-refractivity contribution in [2.45, 2.75) is 4.90 Å². The molecule has 28 heavy (non-hydrogen) atoms. The molecule has 0 unspecified atom stereocenters. The van der Waals surface area contributed by atoms with Crippen LogP contribution in [0.2, 0.25) is 0 Å². The molecule has 1 heterocycles. The third-order valence-corrected chi connectivity index (χ3v) is 5.78. The maximum absolute atomic E-state index is 12.5. The quantitative estimate of drug-likeness (QED) is 0.471. The number of benzene rings is 2. The zero-order valence-corrected chi connectivity index (χ0v) is 15.8. The molecule has 10 nitrogen and oxygen atoms in total. The second-order valence-corrected chi connectivity index (χ2v) is 8.74. The molecule has 1 aromatic heterocycles. The number of carbonyl (C=O) groups is 2. The Morgan fingerprint density at radius 2 is 1.89 bits per heavy atom. The minimum Gasteiger partial charge on any atom is -0.365 e. The van der Waals surface area contributed by atoms with Gasteiger partial charge in [0, 0.05) is 6.26 Å². The number of hydrogen-bond donors (Lipinski definition) is 2. The van der Waals surface area contributed by atoms with E-state index >= 15 is 0 Å². The first kappa shape index (κ1) is 19.4. The Balaban J connectivity index is 1.99. The van der Waals surface area contributed by atoms with Gasteiger partial charge in [-0.15, -0.1) is 0 Å². The summed E-state index contributed by atoms with van der Waals surface area (Å²) in [5.41, 5.74) is 4.15. The van der Waals surface area contributed by atoms with E-state index in [9.17, 15) is 28.1 Å². The molecule has 2 aromatic carbocycles. The highest BCUT2D eigenvalue weighted by molar-refractivity contribution is 7.90. The smallest absolute Gasteiger partial charge is 0.294 e. The number of primary amides is 1. The van der Waals surface area contributed by atoms with Gasteiger partial charge in [-0.05, 0) is 30.3 Å². The Morgan fingerprint density at radius 3 is 2.50 bits per heavy atom. The number of nitrogens with zero attached hydrogens (tertiary/aromatic N) is 2. The summed E-state index contributed by atoms with van der Waals surface area (Å²) in [5.74, 6) is -1.88. The van der Waals surface area contributed by atoms with E-state index in [-0.39, 0.29) is 21.2 Å². The zero-order chi connectivity index (χ0) is 20.6. The average Bonchev–Trinajstić information content (AvgIpc) is 3.01. The van der Waals surface area contributed by atoms with Crippen LogP contribution in [0, 0.1) is 10.1 Å². The Labute approximate surface area is 162 Å². The summed E-state index contributed by atoms with van der Waals surface area (Å²) in [6.07, 6.45) is 1.07. The number of amides is 2. The number of nitrogens with two attached hydrogens (primary N) is 1. The molecule has 0 fully saturated rings. The molecular weight excluding hydrogens is 408 g/mol. The molecule has 3 rings (SSSR count). The van der Waals surface area contributed by atoms with Crippen molar-refractivity contribution in [3.63, 3.8) is 0 Å². The van der Waals surface area contributed by atoms with E-state index in [1.165, 1.54) is 30.3 Å². The lowest BCUT2D eigenvalue weighted by Crippen LogP contribution is -2.18. The van der Waals surface area contributed by atoms with Crippen LogP contribution < -0.4 is 11.1 Å². The largest absolute Gasteiger partial charge is 0.365 e. The molecule has 3 aromatic rings. The standard InChI is InChI=1S/C16H12N4O6S2/c1-28(25,26)8-5-6-11-12(7-8)27-16(18-11)19-15(22)10-4-2-3-9(14(17)21)13(10)20(23)24/h2-7H,1H3,(H2,17,21)(H,18,19,22). The second kappa shape index (κ2) is 6.98. The maximum atomic E-state index is 12.5. The fraction of sp³-hybridized carbons (Fsp3) is 0.0625. The first-order chi connectivity index (χ1) is 13.1. The molecule has 2 amide bonds. The van der Waals surface area contributed by atoms with E-state index in [2.05, 4.69) is 10.3 Å². The molecule has 0 spiro atoms. The van der Waals surface area contributed by atoms with Crippen LogP contribution in [0.3, 0.4) is 0 Å². The van der Waals surface area contributed by atoms with Gasteiger partial charge >= 0.3 is 0 Å². The van der Waals surface area contributed by atoms with E-state index in [1.54, 1.807) is 0 Å². The molecule has 3 N–H and O–H groups in total. The molecule has 0 atom stereocenters. The minimum absolute atomic E-state index is 0.103. The summed E-state index contributed by atoms with van der Waals surface area (Å²) < 4.78 is 23.8. The molecule has 0 aliphatic carbocycles. The van der Waals surface area contributed by atoms with Crippen molar-refractivity contribution < 1.29 is 22.9 Å². The van der Waals surface area contributed by atoms with E-state index in [4.69, 9.17) is 5.73 Å². The lowest BCUT2D eigenvalue weighted by atomic mass is 10.1. The van der Waals surface area contributed by atoms with Gasteiger partial charge in [0.1, 0.15) is 11.1 Å². The van der Waals surface area contributed by atoms with Crippen molar-refractivity contribution in [2.24, 2.45) is 5.73 Å². The van der Waals surface area contributed by atoms with Gasteiger partial charge < -0.3 is 5.73 Å². The number of hydrogen-bond acceptors (Lipinski definition) is 8. The van der Waals surface area contributed by atoms with Gasteiger partial charge in [-0.1, -0.05) is 17.4 Å². The van der Waals surface area contributed by atoms with E-state index in [1.807, 2.05) is 0 Å². The zero-order valence-electron chi connectivity index (χ0n) is 14.2. The third kappa shape index (κ3) is 3.68. The minimum atomic E-state index is -3.41. The van der Waals surface area contributed by atoms with Gasteiger partial charge in [-0.25, -0.2) is 13.4 Å². The monoisotopic (exact) mass is 420 g/mol. The number of thiazole rings is 1. The number of sulfone groups is 1.